The summed E-state index contributed by atoms with van der Waals surface area (Å²) < 4.78 is 11.1. The lowest BCUT2D eigenvalue weighted by atomic mass is 9.97. The molecule has 1 aliphatic rings. The Kier molecular flexibility index (Phi) is 6.85. The number of nitrogens with one attached hydrogen (secondary N) is 2. The van der Waals surface area contributed by atoms with Gasteiger partial charge in [-0.1, -0.05) is 18.2 Å². The number of anilines is 2. The molecule has 1 aliphatic carbocycles. The number of aromatic nitrogens is 2. The SMILES string of the molecule is COc1cc(/C=N\Nc2ncnc3sc4c(c23)CCCC4)ccc1OCC(=O)Nc1ccccc1. The summed E-state index contributed by atoms with van der Waals surface area (Å²) in [5.74, 6) is 1.46. The molecule has 1 amide bonds. The van der Waals surface area contributed by atoms with E-state index in [-0.39, 0.29) is 12.5 Å². The van der Waals surface area contributed by atoms with Gasteiger partial charge < -0.3 is 14.8 Å². The third-order valence-electron chi connectivity index (χ3n) is 5.74. The lowest BCUT2D eigenvalue weighted by molar-refractivity contribution is -0.118. The predicted octanol–water partition coefficient (Wildman–Crippen LogP) is 5.04. The van der Waals surface area contributed by atoms with Crippen molar-refractivity contribution in [2.45, 2.75) is 25.7 Å². The molecule has 0 saturated heterocycles. The van der Waals surface area contributed by atoms with E-state index in [1.54, 1.807) is 43.1 Å². The monoisotopic (exact) mass is 487 g/mol. The zero-order valence-electron chi connectivity index (χ0n) is 19.3. The Bertz CT molecular complexity index is 1370. The van der Waals surface area contributed by atoms with Crippen LogP contribution in [0.2, 0.25) is 0 Å². The van der Waals surface area contributed by atoms with Crippen molar-refractivity contribution < 1.29 is 14.3 Å². The van der Waals surface area contributed by atoms with E-state index in [1.165, 1.54) is 23.3 Å². The number of hydrogen-bond acceptors (Lipinski definition) is 8. The van der Waals surface area contributed by atoms with E-state index in [1.807, 2.05) is 36.4 Å². The first-order chi connectivity index (χ1) is 17.2. The van der Waals surface area contributed by atoms with Gasteiger partial charge in [0.1, 0.15) is 11.2 Å². The van der Waals surface area contributed by atoms with Crippen LogP contribution in [0.15, 0.2) is 60.0 Å². The van der Waals surface area contributed by atoms with Crippen LogP contribution in [-0.4, -0.2) is 35.8 Å². The van der Waals surface area contributed by atoms with Gasteiger partial charge in [0.25, 0.3) is 5.91 Å². The van der Waals surface area contributed by atoms with Gasteiger partial charge in [0.2, 0.25) is 0 Å². The average Bonchev–Trinajstić information content (AvgIpc) is 3.28. The molecule has 4 aromatic rings. The fourth-order valence-corrected chi connectivity index (χ4v) is 5.32. The number of nitrogens with zero attached hydrogens (tertiary/aromatic N) is 3. The van der Waals surface area contributed by atoms with Crippen molar-refractivity contribution >= 4 is 45.2 Å². The Labute approximate surface area is 207 Å². The molecule has 2 heterocycles. The average molecular weight is 488 g/mol. The zero-order valence-corrected chi connectivity index (χ0v) is 20.1. The highest BCUT2D eigenvalue weighted by Crippen LogP contribution is 2.38. The van der Waals surface area contributed by atoms with Crippen molar-refractivity contribution in [3.8, 4) is 11.5 Å². The van der Waals surface area contributed by atoms with E-state index >= 15 is 0 Å². The second-order valence-corrected chi connectivity index (χ2v) is 9.18. The van der Waals surface area contributed by atoms with Crippen molar-refractivity contribution in [2.75, 3.05) is 24.5 Å². The van der Waals surface area contributed by atoms with E-state index < -0.39 is 0 Å². The molecule has 2 N–H and O–H groups in total. The van der Waals surface area contributed by atoms with Gasteiger partial charge in [0, 0.05) is 10.6 Å². The van der Waals surface area contributed by atoms with Crippen LogP contribution in [0.5, 0.6) is 11.5 Å². The minimum atomic E-state index is -0.250. The zero-order chi connectivity index (χ0) is 24.0. The maximum Gasteiger partial charge on any atom is 0.262 e. The summed E-state index contributed by atoms with van der Waals surface area (Å²) in [7, 11) is 1.56. The van der Waals surface area contributed by atoms with Gasteiger partial charge in [-0.15, -0.1) is 11.3 Å². The maximum atomic E-state index is 12.2. The molecule has 0 bridgehead atoms. The Morgan fingerprint density at radius 3 is 2.83 bits per heavy atom. The van der Waals surface area contributed by atoms with Crippen LogP contribution < -0.4 is 20.2 Å². The first-order valence-corrected chi connectivity index (χ1v) is 12.2. The summed E-state index contributed by atoms with van der Waals surface area (Å²) in [5, 5.41) is 8.27. The molecule has 0 fully saturated rings. The lowest BCUT2D eigenvalue weighted by Gasteiger charge is -2.12. The first kappa shape index (κ1) is 22.8. The molecule has 35 heavy (non-hydrogen) atoms. The molecule has 2 aromatic heterocycles. The topological polar surface area (TPSA) is 97.7 Å². The van der Waals surface area contributed by atoms with Crippen molar-refractivity contribution in [1.82, 2.24) is 9.97 Å². The number of benzene rings is 2. The van der Waals surface area contributed by atoms with E-state index in [2.05, 4.69) is 25.8 Å². The number of ether oxygens (including phenoxy) is 2. The van der Waals surface area contributed by atoms with Crippen molar-refractivity contribution in [2.24, 2.45) is 5.10 Å². The van der Waals surface area contributed by atoms with Crippen molar-refractivity contribution in [3.63, 3.8) is 0 Å². The molecule has 9 heteroatoms. The van der Waals surface area contributed by atoms with Gasteiger partial charge in [0.05, 0.1) is 18.7 Å². The number of carbonyl (C=O) groups is 1. The highest BCUT2D eigenvalue weighted by molar-refractivity contribution is 7.19. The Hall–Kier alpha value is -3.98. The number of hydrazone groups is 1. The van der Waals surface area contributed by atoms with Gasteiger partial charge in [-0.2, -0.15) is 5.10 Å². The van der Waals surface area contributed by atoms with E-state index in [0.29, 0.717) is 11.5 Å². The molecule has 0 unspecified atom stereocenters. The second kappa shape index (κ2) is 10.5. The number of hydrogen-bond donors (Lipinski definition) is 2. The molecular formula is C26H25N5O3S. The number of para-hydroxylation sites is 1. The number of carbonyl (C=O) groups excluding carboxylic acids is 1. The molecule has 0 saturated carbocycles. The van der Waals surface area contributed by atoms with Crippen LogP contribution in [-0.2, 0) is 17.6 Å². The molecule has 0 aliphatic heterocycles. The fourth-order valence-electron chi connectivity index (χ4n) is 4.09. The quantitative estimate of drug-likeness (QED) is 0.267. The largest absolute Gasteiger partial charge is 0.493 e. The highest BCUT2D eigenvalue weighted by atomic mass is 32.1. The molecule has 5 rings (SSSR count). The number of fused-ring (bicyclic) bond motifs is 3. The van der Waals surface area contributed by atoms with Crippen LogP contribution in [0.25, 0.3) is 10.2 Å². The van der Waals surface area contributed by atoms with Gasteiger partial charge in [-0.05, 0) is 67.1 Å². The Morgan fingerprint density at radius 1 is 1.11 bits per heavy atom. The summed E-state index contributed by atoms with van der Waals surface area (Å²) in [6.07, 6.45) is 7.86. The van der Waals surface area contributed by atoms with E-state index in [0.717, 1.165) is 40.1 Å². The van der Waals surface area contributed by atoms with E-state index in [9.17, 15) is 4.79 Å². The second-order valence-electron chi connectivity index (χ2n) is 8.10. The van der Waals surface area contributed by atoms with Crippen molar-refractivity contribution in [3.05, 3.63) is 70.9 Å². The summed E-state index contributed by atoms with van der Waals surface area (Å²) in [6.45, 7) is -0.130. The molecule has 8 nitrogen and oxygen atoms in total. The predicted molar refractivity (Wildman–Crippen MR) is 139 cm³/mol. The van der Waals surface area contributed by atoms with Gasteiger partial charge in [-0.3, -0.25) is 10.2 Å². The number of methoxy groups -OCH3 is 1. The molecule has 178 valence electrons. The number of amides is 1. The van der Waals surface area contributed by atoms with Crippen LogP contribution in [0, 0.1) is 0 Å². The minimum absolute atomic E-state index is 0.130. The van der Waals surface area contributed by atoms with E-state index in [4.69, 9.17) is 9.47 Å². The third-order valence-corrected chi connectivity index (χ3v) is 6.94. The highest BCUT2D eigenvalue weighted by Gasteiger charge is 2.19. The molecule has 0 radical (unpaired) electrons. The molecule has 0 spiro atoms. The fraction of sp³-hybridized carbons (Fsp3) is 0.231. The number of rotatable bonds is 8. The summed E-state index contributed by atoms with van der Waals surface area (Å²) in [4.78, 5) is 23.5. The lowest BCUT2D eigenvalue weighted by Crippen LogP contribution is -2.20. The minimum Gasteiger partial charge on any atom is -0.493 e. The normalized spacial score (nSPS) is 12.9. The van der Waals surface area contributed by atoms with Crippen LogP contribution in [0.3, 0.4) is 0 Å². The Balaban J connectivity index is 1.24. The number of thiophene rings is 1. The van der Waals surface area contributed by atoms with Crippen LogP contribution in [0.1, 0.15) is 28.8 Å². The standard InChI is InChI=1S/C26H25N5O3S/c1-33-21-13-17(11-12-20(21)34-15-23(32)30-18-7-3-2-4-8-18)14-29-31-25-24-19-9-5-6-10-22(19)35-26(24)28-16-27-25/h2-4,7-8,11-14,16H,5-6,9-10,15H2,1H3,(H,30,32)(H,27,28,31)/b29-14-. The van der Waals surface area contributed by atoms with Crippen LogP contribution in [0.4, 0.5) is 11.5 Å². The third kappa shape index (κ3) is 5.25. The summed E-state index contributed by atoms with van der Waals surface area (Å²) in [6, 6.07) is 14.7. The Morgan fingerprint density at radius 2 is 1.97 bits per heavy atom. The summed E-state index contributed by atoms with van der Waals surface area (Å²) >= 11 is 1.76. The first-order valence-electron chi connectivity index (χ1n) is 11.4. The van der Waals surface area contributed by atoms with Gasteiger partial charge in [0.15, 0.2) is 23.9 Å². The number of aryl methyl sites for hydroxylation is 2. The maximum absolute atomic E-state index is 12.2. The van der Waals surface area contributed by atoms with Crippen LogP contribution >= 0.6 is 11.3 Å². The van der Waals surface area contributed by atoms with Crippen molar-refractivity contribution in [1.29, 1.82) is 0 Å². The molecule has 2 aromatic carbocycles. The van der Waals surface area contributed by atoms with Gasteiger partial charge >= 0.3 is 0 Å². The smallest absolute Gasteiger partial charge is 0.262 e. The van der Waals surface area contributed by atoms with Gasteiger partial charge in [-0.25, -0.2) is 9.97 Å². The molecule has 0 atom stereocenters. The summed E-state index contributed by atoms with van der Waals surface area (Å²) in [5.41, 5.74) is 5.97. The molecular weight excluding hydrogens is 462 g/mol.